The topological polar surface area (TPSA) is 71.8 Å². The molecule has 6 nitrogen and oxygen atoms in total. The molecule has 0 aliphatic carbocycles. The molecule has 1 aromatic heterocycles. The molecular weight excluding hydrogens is 364 g/mol. The third kappa shape index (κ3) is 6.02. The second-order valence-electron chi connectivity index (χ2n) is 6.63. The van der Waals surface area contributed by atoms with Crippen molar-refractivity contribution in [2.75, 3.05) is 39.4 Å². The first-order chi connectivity index (χ1) is 13.1. The summed E-state index contributed by atoms with van der Waals surface area (Å²) >= 11 is 0. The maximum absolute atomic E-state index is 12.4. The number of carbonyl (C=O) groups excluding carboxylic acids is 1. The van der Waals surface area contributed by atoms with E-state index in [1.54, 1.807) is 12.1 Å². The summed E-state index contributed by atoms with van der Waals surface area (Å²) in [5.74, 6) is 0.835. The maximum Gasteiger partial charge on any atom is 0.286 e. The number of nitrogens with one attached hydrogen (secondary N) is 1. The number of nitrogens with zero attached hydrogens (tertiary/aromatic N) is 1. The number of benzene rings is 1. The van der Waals surface area contributed by atoms with Crippen molar-refractivity contribution in [1.82, 2.24) is 10.2 Å². The predicted molar refractivity (Wildman–Crippen MR) is 104 cm³/mol. The molecule has 1 N–H and O–H groups in total. The van der Waals surface area contributed by atoms with Crippen LogP contribution in [-0.4, -0.2) is 54.4 Å². The number of aryl methyl sites for hydroxylation is 1. The largest absolute Gasteiger partial charge is 0.455 e. The Morgan fingerprint density at radius 3 is 2.63 bits per heavy atom. The molecule has 0 saturated carbocycles. The van der Waals surface area contributed by atoms with Gasteiger partial charge in [-0.25, -0.2) is 0 Å². The minimum Gasteiger partial charge on any atom is -0.455 e. The van der Waals surface area contributed by atoms with E-state index >= 15 is 0 Å². The van der Waals surface area contributed by atoms with Crippen molar-refractivity contribution in [2.24, 2.45) is 0 Å². The first-order valence-corrected chi connectivity index (χ1v) is 10.6. The number of furan rings is 1. The number of hydrogen-bond acceptors (Lipinski definition) is 5. The van der Waals surface area contributed by atoms with Crippen molar-refractivity contribution in [3.05, 3.63) is 53.5 Å². The van der Waals surface area contributed by atoms with Gasteiger partial charge in [0.25, 0.3) is 5.91 Å². The van der Waals surface area contributed by atoms with E-state index < -0.39 is 10.8 Å². The first kappa shape index (κ1) is 19.8. The number of morpholine rings is 1. The molecule has 1 aliphatic rings. The van der Waals surface area contributed by atoms with Crippen LogP contribution in [0, 0.1) is 6.92 Å². The zero-order valence-corrected chi connectivity index (χ0v) is 16.4. The molecule has 0 spiro atoms. The van der Waals surface area contributed by atoms with Gasteiger partial charge in [-0.3, -0.25) is 13.9 Å². The van der Waals surface area contributed by atoms with E-state index in [2.05, 4.69) is 10.2 Å². The van der Waals surface area contributed by atoms with Gasteiger partial charge in [0.2, 0.25) is 0 Å². The SMILES string of the molecule is Cc1ccc(S(=O)Cc2ccc(C(=O)NCCCN3CCOCC3)o2)cc1. The predicted octanol–water partition coefficient (Wildman–Crippen LogP) is 2.35. The monoisotopic (exact) mass is 390 g/mol. The van der Waals surface area contributed by atoms with Crippen molar-refractivity contribution in [3.8, 4) is 0 Å². The second kappa shape index (κ2) is 9.82. The fraction of sp³-hybridized carbons (Fsp3) is 0.450. The standard InChI is InChI=1S/C20H26N2O4S/c1-16-3-6-18(7-4-16)27(24)15-17-5-8-19(26-17)20(23)21-9-2-10-22-11-13-25-14-12-22/h3-8H,2,9-15H2,1H3,(H,21,23). The Morgan fingerprint density at radius 2 is 1.89 bits per heavy atom. The average Bonchev–Trinajstić information content (AvgIpc) is 3.15. The van der Waals surface area contributed by atoms with Gasteiger partial charge < -0.3 is 14.5 Å². The van der Waals surface area contributed by atoms with Gasteiger partial charge in [-0.1, -0.05) is 17.7 Å². The van der Waals surface area contributed by atoms with Crippen LogP contribution >= 0.6 is 0 Å². The molecule has 2 heterocycles. The molecule has 1 unspecified atom stereocenters. The van der Waals surface area contributed by atoms with Crippen molar-refractivity contribution in [1.29, 1.82) is 0 Å². The molecule has 1 fully saturated rings. The van der Waals surface area contributed by atoms with Gasteiger partial charge in [-0.2, -0.15) is 0 Å². The van der Waals surface area contributed by atoms with Gasteiger partial charge in [0.1, 0.15) is 5.76 Å². The van der Waals surface area contributed by atoms with Crippen LogP contribution in [0.2, 0.25) is 0 Å². The van der Waals surface area contributed by atoms with Gasteiger partial charge in [0.15, 0.2) is 5.76 Å². The van der Waals surface area contributed by atoms with Crippen molar-refractivity contribution in [2.45, 2.75) is 24.0 Å². The Bertz CT molecular complexity index is 767. The van der Waals surface area contributed by atoms with Crippen molar-refractivity contribution >= 4 is 16.7 Å². The molecule has 2 aromatic rings. The Morgan fingerprint density at radius 1 is 1.15 bits per heavy atom. The lowest BCUT2D eigenvalue weighted by molar-refractivity contribution is 0.0374. The third-order valence-corrected chi connectivity index (χ3v) is 5.83. The fourth-order valence-electron chi connectivity index (χ4n) is 2.90. The van der Waals surface area contributed by atoms with Crippen LogP contribution in [0.25, 0.3) is 0 Å². The minimum absolute atomic E-state index is 0.232. The molecule has 7 heteroatoms. The summed E-state index contributed by atoms with van der Waals surface area (Å²) in [5.41, 5.74) is 1.13. The molecule has 1 aromatic carbocycles. The number of ether oxygens (including phenoxy) is 1. The van der Waals surface area contributed by atoms with Gasteiger partial charge in [-0.05, 0) is 44.2 Å². The van der Waals surface area contributed by atoms with Crippen LogP contribution < -0.4 is 5.32 Å². The zero-order chi connectivity index (χ0) is 19.1. The lowest BCUT2D eigenvalue weighted by Crippen LogP contribution is -2.38. The zero-order valence-electron chi connectivity index (χ0n) is 15.6. The highest BCUT2D eigenvalue weighted by atomic mass is 32.2. The van der Waals surface area contributed by atoms with E-state index in [0.29, 0.717) is 12.3 Å². The average molecular weight is 391 g/mol. The highest BCUT2D eigenvalue weighted by Gasteiger charge is 2.14. The molecule has 3 rings (SSSR count). The molecule has 146 valence electrons. The molecule has 1 amide bonds. The summed E-state index contributed by atoms with van der Waals surface area (Å²) in [4.78, 5) is 15.3. The number of hydrogen-bond donors (Lipinski definition) is 1. The summed E-state index contributed by atoms with van der Waals surface area (Å²) in [6.07, 6.45) is 0.886. The quantitative estimate of drug-likeness (QED) is 0.701. The van der Waals surface area contributed by atoms with Crippen LogP contribution in [0.15, 0.2) is 45.7 Å². The summed E-state index contributed by atoms with van der Waals surface area (Å²) in [5, 5.41) is 2.88. The van der Waals surface area contributed by atoms with E-state index in [-0.39, 0.29) is 17.4 Å². The Hall–Kier alpha value is -1.96. The van der Waals surface area contributed by atoms with Crippen molar-refractivity contribution < 1.29 is 18.2 Å². The van der Waals surface area contributed by atoms with Gasteiger partial charge in [0, 0.05) is 24.5 Å². The minimum atomic E-state index is -1.19. The number of rotatable bonds is 8. The lowest BCUT2D eigenvalue weighted by atomic mass is 10.2. The number of amides is 1. The summed E-state index contributed by atoms with van der Waals surface area (Å²) in [6, 6.07) is 10.9. The molecule has 1 atom stereocenters. The van der Waals surface area contributed by atoms with Crippen LogP contribution in [0.4, 0.5) is 0 Å². The van der Waals surface area contributed by atoms with E-state index in [0.717, 1.165) is 49.7 Å². The van der Waals surface area contributed by atoms with Crippen LogP contribution in [-0.2, 0) is 21.3 Å². The normalized spacial score (nSPS) is 16.2. The smallest absolute Gasteiger partial charge is 0.286 e. The summed E-state index contributed by atoms with van der Waals surface area (Å²) in [7, 11) is -1.19. The molecule has 0 radical (unpaired) electrons. The van der Waals surface area contributed by atoms with Crippen LogP contribution in [0.5, 0.6) is 0 Å². The van der Waals surface area contributed by atoms with Gasteiger partial charge >= 0.3 is 0 Å². The highest BCUT2D eigenvalue weighted by molar-refractivity contribution is 7.84. The first-order valence-electron chi connectivity index (χ1n) is 9.24. The molecular formula is C20H26N2O4S. The van der Waals surface area contributed by atoms with Gasteiger partial charge in [0.05, 0.1) is 29.8 Å². The second-order valence-corrected chi connectivity index (χ2v) is 8.08. The van der Waals surface area contributed by atoms with E-state index in [4.69, 9.17) is 9.15 Å². The van der Waals surface area contributed by atoms with Crippen LogP contribution in [0.1, 0.15) is 28.3 Å². The van der Waals surface area contributed by atoms with Crippen molar-refractivity contribution in [3.63, 3.8) is 0 Å². The highest BCUT2D eigenvalue weighted by Crippen LogP contribution is 2.15. The molecule has 1 aliphatic heterocycles. The van der Waals surface area contributed by atoms with E-state index in [9.17, 15) is 9.00 Å². The number of carbonyl (C=O) groups is 1. The lowest BCUT2D eigenvalue weighted by Gasteiger charge is -2.26. The van der Waals surface area contributed by atoms with E-state index in [1.807, 2.05) is 31.2 Å². The summed E-state index contributed by atoms with van der Waals surface area (Å²) in [6.45, 7) is 7.01. The van der Waals surface area contributed by atoms with Gasteiger partial charge in [-0.15, -0.1) is 0 Å². The van der Waals surface area contributed by atoms with E-state index in [1.165, 1.54) is 0 Å². The Kier molecular flexibility index (Phi) is 7.20. The Balaban J connectivity index is 1.43. The van der Waals surface area contributed by atoms with Crippen LogP contribution in [0.3, 0.4) is 0 Å². The summed E-state index contributed by atoms with van der Waals surface area (Å²) < 4.78 is 23.3. The maximum atomic E-state index is 12.4. The molecule has 1 saturated heterocycles. The molecule has 0 bridgehead atoms. The Labute approximate surface area is 162 Å². The third-order valence-electron chi connectivity index (χ3n) is 4.48. The fourth-order valence-corrected chi connectivity index (χ4v) is 3.92. The molecule has 27 heavy (non-hydrogen) atoms.